The van der Waals surface area contributed by atoms with Gasteiger partial charge in [-0.15, -0.1) is 0 Å². The highest BCUT2D eigenvalue weighted by atomic mass is 19.1. The Morgan fingerprint density at radius 1 is 0.925 bits per heavy atom. The first kappa shape index (κ1) is 27.5. The van der Waals surface area contributed by atoms with Crippen molar-refractivity contribution >= 4 is 23.4 Å². The molecule has 40 heavy (non-hydrogen) atoms. The minimum atomic E-state index is -0.638. The summed E-state index contributed by atoms with van der Waals surface area (Å²) < 4.78 is 14.6. The summed E-state index contributed by atoms with van der Waals surface area (Å²) in [4.78, 5) is 46.0. The first-order valence-corrected chi connectivity index (χ1v) is 13.8. The molecule has 1 aromatic heterocycles. The van der Waals surface area contributed by atoms with Gasteiger partial charge in [-0.05, 0) is 67.1 Å². The third-order valence-corrected chi connectivity index (χ3v) is 7.36. The number of rotatable bonds is 10. The van der Waals surface area contributed by atoms with Gasteiger partial charge in [0, 0.05) is 68.7 Å². The standard InChI is InChI=1S/C31H34FN5O3/c32-27-19-25(9-11-28(27)35-31(40)34-20-22-7-8-22)30(39)37-16-14-36(15-17-37)21-23-4-3-5-24(18-23)29(38)12-10-26-6-1-2-13-33-26/h1-6,9,11,13,18-19,22H,7-8,10,12,14-17,20-21H2,(H2,34,35,40). The van der Waals surface area contributed by atoms with Crippen molar-refractivity contribution in [1.29, 1.82) is 0 Å². The maximum atomic E-state index is 14.6. The van der Waals surface area contributed by atoms with Gasteiger partial charge in [0.25, 0.3) is 5.91 Å². The van der Waals surface area contributed by atoms with Crippen LogP contribution in [-0.2, 0) is 13.0 Å². The van der Waals surface area contributed by atoms with E-state index < -0.39 is 11.8 Å². The van der Waals surface area contributed by atoms with E-state index in [2.05, 4.69) is 20.5 Å². The first-order chi connectivity index (χ1) is 19.4. The van der Waals surface area contributed by atoms with Crippen LogP contribution in [0, 0.1) is 11.7 Å². The van der Waals surface area contributed by atoms with Crippen LogP contribution in [0.25, 0.3) is 0 Å². The number of nitrogens with one attached hydrogen (secondary N) is 2. The quantitative estimate of drug-likeness (QED) is 0.367. The van der Waals surface area contributed by atoms with Crippen molar-refractivity contribution in [3.63, 3.8) is 0 Å². The summed E-state index contributed by atoms with van der Waals surface area (Å²) in [5, 5.41) is 5.25. The van der Waals surface area contributed by atoms with Gasteiger partial charge in [0.15, 0.2) is 5.78 Å². The van der Waals surface area contributed by atoms with Crippen LogP contribution >= 0.6 is 0 Å². The van der Waals surface area contributed by atoms with Gasteiger partial charge in [-0.3, -0.25) is 19.5 Å². The Morgan fingerprint density at radius 3 is 2.48 bits per heavy atom. The van der Waals surface area contributed by atoms with Gasteiger partial charge in [-0.1, -0.05) is 24.3 Å². The zero-order valence-corrected chi connectivity index (χ0v) is 22.4. The Bertz CT molecular complexity index is 1350. The number of hydrogen-bond donors (Lipinski definition) is 2. The molecule has 0 radical (unpaired) electrons. The largest absolute Gasteiger partial charge is 0.338 e. The van der Waals surface area contributed by atoms with E-state index >= 15 is 0 Å². The summed E-state index contributed by atoms with van der Waals surface area (Å²) in [6.45, 7) is 3.66. The molecule has 8 nitrogen and oxygen atoms in total. The number of urea groups is 1. The summed E-state index contributed by atoms with van der Waals surface area (Å²) >= 11 is 0. The van der Waals surface area contributed by atoms with E-state index in [4.69, 9.17) is 0 Å². The number of amides is 3. The predicted octanol–water partition coefficient (Wildman–Crippen LogP) is 4.53. The fourth-order valence-corrected chi connectivity index (χ4v) is 4.80. The van der Waals surface area contributed by atoms with E-state index in [1.54, 1.807) is 17.2 Å². The average molecular weight is 544 g/mol. The van der Waals surface area contributed by atoms with Crippen molar-refractivity contribution in [2.24, 2.45) is 5.92 Å². The Labute approximate surface area is 233 Å². The van der Waals surface area contributed by atoms with E-state index in [1.807, 2.05) is 42.5 Å². The number of Topliss-reactive ketones (excluding diaryl/α,β-unsaturated/α-hetero) is 1. The highest BCUT2D eigenvalue weighted by Gasteiger charge is 2.24. The molecule has 2 N–H and O–H groups in total. The maximum absolute atomic E-state index is 14.6. The van der Waals surface area contributed by atoms with Gasteiger partial charge in [0.1, 0.15) is 5.82 Å². The molecular weight excluding hydrogens is 509 g/mol. The molecular formula is C31H34FN5O3. The van der Waals surface area contributed by atoms with Crippen LogP contribution in [0.4, 0.5) is 14.9 Å². The van der Waals surface area contributed by atoms with E-state index in [0.717, 1.165) is 24.1 Å². The van der Waals surface area contributed by atoms with Crippen molar-refractivity contribution in [2.45, 2.75) is 32.2 Å². The molecule has 0 atom stereocenters. The molecule has 9 heteroatoms. The second kappa shape index (κ2) is 12.8. The molecule has 208 valence electrons. The molecule has 5 rings (SSSR count). The number of ketones is 1. The number of pyridine rings is 1. The highest BCUT2D eigenvalue weighted by Crippen LogP contribution is 2.27. The van der Waals surface area contributed by atoms with Crippen LogP contribution in [-0.4, -0.2) is 65.2 Å². The smallest absolute Gasteiger partial charge is 0.319 e. The number of nitrogens with zero attached hydrogens (tertiary/aromatic N) is 3. The van der Waals surface area contributed by atoms with E-state index in [0.29, 0.717) is 63.6 Å². The molecule has 3 aromatic rings. The molecule has 1 aliphatic heterocycles. The molecule has 2 aliphatic rings. The lowest BCUT2D eigenvalue weighted by molar-refractivity contribution is 0.0627. The number of aromatic nitrogens is 1. The van der Waals surface area contributed by atoms with E-state index in [1.165, 1.54) is 12.1 Å². The van der Waals surface area contributed by atoms with E-state index in [9.17, 15) is 18.8 Å². The van der Waals surface area contributed by atoms with Gasteiger partial charge >= 0.3 is 6.03 Å². The Hall–Kier alpha value is -4.11. The van der Waals surface area contributed by atoms with Gasteiger partial charge < -0.3 is 15.5 Å². The molecule has 0 bridgehead atoms. The Kier molecular flexibility index (Phi) is 8.81. The number of benzene rings is 2. The lowest BCUT2D eigenvalue weighted by Gasteiger charge is -2.35. The summed E-state index contributed by atoms with van der Waals surface area (Å²) in [6, 6.07) is 17.1. The monoisotopic (exact) mass is 543 g/mol. The van der Waals surface area contributed by atoms with Crippen molar-refractivity contribution in [3.8, 4) is 0 Å². The lowest BCUT2D eigenvalue weighted by atomic mass is 10.0. The fraction of sp³-hybridized carbons (Fsp3) is 0.355. The molecule has 1 saturated heterocycles. The number of carbonyl (C=O) groups excluding carboxylic acids is 3. The highest BCUT2D eigenvalue weighted by molar-refractivity contribution is 5.96. The fourth-order valence-electron chi connectivity index (χ4n) is 4.80. The van der Waals surface area contributed by atoms with Crippen LogP contribution < -0.4 is 10.6 Å². The van der Waals surface area contributed by atoms with Gasteiger partial charge in [-0.2, -0.15) is 0 Å². The van der Waals surface area contributed by atoms with Crippen LogP contribution in [0.1, 0.15) is 51.2 Å². The van der Waals surface area contributed by atoms with Gasteiger partial charge in [0.2, 0.25) is 0 Å². The van der Waals surface area contributed by atoms with E-state index in [-0.39, 0.29) is 22.9 Å². The third kappa shape index (κ3) is 7.51. The molecule has 2 fully saturated rings. The second-order valence-electron chi connectivity index (χ2n) is 10.5. The van der Waals surface area contributed by atoms with Gasteiger partial charge in [0.05, 0.1) is 5.69 Å². The first-order valence-electron chi connectivity index (χ1n) is 13.8. The van der Waals surface area contributed by atoms with Crippen molar-refractivity contribution in [3.05, 3.63) is 95.1 Å². The Balaban J connectivity index is 1.09. The zero-order valence-electron chi connectivity index (χ0n) is 22.4. The molecule has 0 unspecified atom stereocenters. The number of aryl methyl sites for hydroxylation is 1. The SMILES string of the molecule is O=C(NCC1CC1)Nc1ccc(C(=O)N2CCN(Cc3cccc(C(=O)CCc4ccccn4)c3)CC2)cc1F. The molecule has 1 saturated carbocycles. The summed E-state index contributed by atoms with van der Waals surface area (Å²) in [5.41, 5.74) is 2.96. The topological polar surface area (TPSA) is 94.6 Å². The molecule has 2 aromatic carbocycles. The van der Waals surface area contributed by atoms with Gasteiger partial charge in [-0.25, -0.2) is 9.18 Å². The molecule has 0 spiro atoms. The van der Waals surface area contributed by atoms with Crippen LogP contribution in [0.15, 0.2) is 66.9 Å². The summed E-state index contributed by atoms with van der Waals surface area (Å²) in [6.07, 6.45) is 4.98. The summed E-state index contributed by atoms with van der Waals surface area (Å²) in [7, 11) is 0. The number of halogens is 1. The van der Waals surface area contributed by atoms with Crippen LogP contribution in [0.3, 0.4) is 0 Å². The second-order valence-corrected chi connectivity index (χ2v) is 10.5. The normalized spacial score (nSPS) is 15.5. The van der Waals surface area contributed by atoms with Crippen molar-refractivity contribution < 1.29 is 18.8 Å². The minimum Gasteiger partial charge on any atom is -0.338 e. The third-order valence-electron chi connectivity index (χ3n) is 7.36. The summed E-state index contributed by atoms with van der Waals surface area (Å²) in [5.74, 6) is -0.252. The van der Waals surface area contributed by atoms with Crippen molar-refractivity contribution in [1.82, 2.24) is 20.1 Å². The molecule has 2 heterocycles. The number of anilines is 1. The van der Waals surface area contributed by atoms with Crippen molar-refractivity contribution in [2.75, 3.05) is 38.0 Å². The maximum Gasteiger partial charge on any atom is 0.319 e. The zero-order chi connectivity index (χ0) is 27.9. The predicted molar refractivity (Wildman–Crippen MR) is 151 cm³/mol. The van der Waals surface area contributed by atoms with Crippen LogP contribution in [0.5, 0.6) is 0 Å². The van der Waals surface area contributed by atoms with Crippen LogP contribution in [0.2, 0.25) is 0 Å². The molecule has 1 aliphatic carbocycles. The number of piperazine rings is 1. The minimum absolute atomic E-state index is 0.0483. The number of carbonyl (C=O) groups is 3. The number of hydrogen-bond acceptors (Lipinski definition) is 5. The average Bonchev–Trinajstić information content (AvgIpc) is 3.81. The molecule has 3 amide bonds. The lowest BCUT2D eigenvalue weighted by Crippen LogP contribution is -2.48. The Morgan fingerprint density at radius 2 is 1.75 bits per heavy atom.